The summed E-state index contributed by atoms with van der Waals surface area (Å²) >= 11 is 0. The van der Waals surface area contributed by atoms with E-state index >= 15 is 0 Å². The molecule has 0 aromatic heterocycles. The second-order valence-electron chi connectivity index (χ2n) is 8.80. The van der Waals surface area contributed by atoms with Crippen molar-refractivity contribution in [1.82, 2.24) is 9.80 Å². The minimum absolute atomic E-state index is 0.0226. The second-order valence-corrected chi connectivity index (χ2v) is 8.80. The molecule has 5 rings (SSSR count). The second kappa shape index (κ2) is 9.10. The molecule has 2 aliphatic heterocycles. The fourth-order valence-corrected chi connectivity index (χ4v) is 5.27. The van der Waals surface area contributed by atoms with Gasteiger partial charge in [0.2, 0.25) is 5.91 Å². The summed E-state index contributed by atoms with van der Waals surface area (Å²) in [5, 5.41) is 0. The molecule has 2 heterocycles. The van der Waals surface area contributed by atoms with E-state index < -0.39 is 11.6 Å². The van der Waals surface area contributed by atoms with Crippen molar-refractivity contribution in [2.24, 2.45) is 0 Å². The normalized spacial score (nSPS) is 20.1. The Labute approximate surface area is 194 Å². The van der Waals surface area contributed by atoms with Crippen LogP contribution in [0.1, 0.15) is 42.0 Å². The molecule has 1 atom stereocenters. The first-order valence-corrected chi connectivity index (χ1v) is 11.6. The molecular weight excluding hydrogens is 412 g/mol. The molecule has 5 heteroatoms. The number of hydrogen-bond donors (Lipinski definition) is 0. The first kappa shape index (κ1) is 21.3. The van der Waals surface area contributed by atoms with E-state index in [0.29, 0.717) is 25.9 Å². The highest BCUT2D eigenvalue weighted by Gasteiger charge is 2.56. The van der Waals surface area contributed by atoms with E-state index in [-0.39, 0.29) is 18.6 Å². The van der Waals surface area contributed by atoms with E-state index in [2.05, 4.69) is 24.3 Å². The van der Waals surface area contributed by atoms with Crippen molar-refractivity contribution in [3.8, 4) is 0 Å². The van der Waals surface area contributed by atoms with Gasteiger partial charge in [0.15, 0.2) is 0 Å². The zero-order chi connectivity index (χ0) is 22.7. The summed E-state index contributed by atoms with van der Waals surface area (Å²) < 4.78 is 5.63. The van der Waals surface area contributed by atoms with Gasteiger partial charge < -0.3 is 9.64 Å². The molecule has 2 fully saturated rings. The molecule has 0 radical (unpaired) electrons. The van der Waals surface area contributed by atoms with Crippen LogP contribution in [0.15, 0.2) is 91.0 Å². The topological polar surface area (TPSA) is 49.9 Å². The molecule has 168 valence electrons. The largest absolute Gasteiger partial charge is 0.445 e. The number of ether oxygens (including phenoxy) is 1. The summed E-state index contributed by atoms with van der Waals surface area (Å²) in [6.07, 6.45) is 1.71. The van der Waals surface area contributed by atoms with Gasteiger partial charge in [-0.15, -0.1) is 0 Å². The molecule has 2 amide bonds. The van der Waals surface area contributed by atoms with Gasteiger partial charge in [-0.2, -0.15) is 0 Å². The van der Waals surface area contributed by atoms with Crippen molar-refractivity contribution in [2.75, 3.05) is 13.1 Å². The molecule has 0 unspecified atom stereocenters. The molecule has 2 saturated heterocycles. The van der Waals surface area contributed by atoms with Crippen LogP contribution in [0.3, 0.4) is 0 Å². The third-order valence-electron chi connectivity index (χ3n) is 6.88. The number of hydrogen-bond acceptors (Lipinski definition) is 3. The van der Waals surface area contributed by atoms with E-state index in [0.717, 1.165) is 23.1 Å². The lowest BCUT2D eigenvalue weighted by molar-refractivity contribution is -0.137. The Morgan fingerprint density at radius 3 is 2.00 bits per heavy atom. The highest BCUT2D eigenvalue weighted by atomic mass is 16.6. The molecule has 0 aliphatic carbocycles. The molecule has 0 bridgehead atoms. The highest BCUT2D eigenvalue weighted by Crippen LogP contribution is 2.43. The number of carbonyl (C=O) groups is 2. The van der Waals surface area contributed by atoms with Crippen molar-refractivity contribution in [2.45, 2.75) is 37.5 Å². The molecule has 3 aromatic carbocycles. The zero-order valence-corrected chi connectivity index (χ0v) is 18.6. The first-order chi connectivity index (χ1) is 16.2. The van der Waals surface area contributed by atoms with Gasteiger partial charge in [0.1, 0.15) is 12.1 Å². The smallest absolute Gasteiger partial charge is 0.411 e. The molecule has 5 nitrogen and oxygen atoms in total. The van der Waals surface area contributed by atoms with E-state index in [4.69, 9.17) is 4.74 Å². The van der Waals surface area contributed by atoms with Gasteiger partial charge in [-0.3, -0.25) is 9.69 Å². The third kappa shape index (κ3) is 3.99. The van der Waals surface area contributed by atoms with Gasteiger partial charge in [-0.05, 0) is 36.0 Å². The van der Waals surface area contributed by atoms with Gasteiger partial charge in [-0.1, -0.05) is 91.0 Å². The Balaban J connectivity index is 1.40. The van der Waals surface area contributed by atoms with Gasteiger partial charge in [0.05, 0.1) is 6.04 Å². The van der Waals surface area contributed by atoms with Crippen molar-refractivity contribution in [3.05, 3.63) is 108 Å². The van der Waals surface area contributed by atoms with Crippen molar-refractivity contribution in [1.29, 1.82) is 0 Å². The number of nitrogens with zero attached hydrogens (tertiary/aromatic N) is 2. The van der Waals surface area contributed by atoms with Gasteiger partial charge in [0, 0.05) is 13.1 Å². The number of carbonyl (C=O) groups excluding carboxylic acids is 2. The average Bonchev–Trinajstić information content (AvgIpc) is 3.45. The van der Waals surface area contributed by atoms with Gasteiger partial charge in [-0.25, -0.2) is 4.79 Å². The van der Waals surface area contributed by atoms with Crippen LogP contribution >= 0.6 is 0 Å². The summed E-state index contributed by atoms with van der Waals surface area (Å²) in [4.78, 5) is 30.7. The van der Waals surface area contributed by atoms with Crippen LogP contribution in [-0.2, 0) is 16.1 Å². The molecule has 33 heavy (non-hydrogen) atoms. The van der Waals surface area contributed by atoms with Crippen LogP contribution < -0.4 is 0 Å². The van der Waals surface area contributed by atoms with E-state index in [1.807, 2.05) is 71.6 Å². The quantitative estimate of drug-likeness (QED) is 0.549. The number of amides is 2. The highest BCUT2D eigenvalue weighted by molar-refractivity contribution is 5.93. The molecular formula is C28H28N2O3. The summed E-state index contributed by atoms with van der Waals surface area (Å²) in [5.41, 5.74) is 2.28. The van der Waals surface area contributed by atoms with Crippen LogP contribution in [0.2, 0.25) is 0 Å². The van der Waals surface area contributed by atoms with E-state index in [9.17, 15) is 9.59 Å². The van der Waals surface area contributed by atoms with Gasteiger partial charge >= 0.3 is 6.09 Å². The maximum absolute atomic E-state index is 14.0. The number of rotatable bonds is 5. The minimum atomic E-state index is -0.810. The molecule has 2 aliphatic rings. The molecule has 0 saturated carbocycles. The summed E-state index contributed by atoms with van der Waals surface area (Å²) in [6.45, 7) is 1.37. The predicted octanol–water partition coefficient (Wildman–Crippen LogP) is 5.18. The van der Waals surface area contributed by atoms with Crippen LogP contribution in [-0.4, -0.2) is 40.4 Å². The fourth-order valence-electron chi connectivity index (χ4n) is 5.27. The zero-order valence-electron chi connectivity index (χ0n) is 18.6. The van der Waals surface area contributed by atoms with Crippen LogP contribution in [0, 0.1) is 0 Å². The Morgan fingerprint density at radius 2 is 1.39 bits per heavy atom. The van der Waals surface area contributed by atoms with Crippen LogP contribution in [0.25, 0.3) is 0 Å². The van der Waals surface area contributed by atoms with Crippen molar-refractivity contribution in [3.63, 3.8) is 0 Å². The number of likely N-dealkylation sites (tertiary alicyclic amines) is 2. The van der Waals surface area contributed by atoms with E-state index in [1.165, 1.54) is 0 Å². The number of benzene rings is 3. The van der Waals surface area contributed by atoms with Crippen molar-refractivity contribution < 1.29 is 14.3 Å². The molecule has 1 spiro atoms. The monoisotopic (exact) mass is 440 g/mol. The maximum atomic E-state index is 14.0. The van der Waals surface area contributed by atoms with Crippen LogP contribution in [0.4, 0.5) is 4.79 Å². The van der Waals surface area contributed by atoms with Crippen LogP contribution in [0.5, 0.6) is 0 Å². The third-order valence-corrected chi connectivity index (χ3v) is 6.88. The first-order valence-electron chi connectivity index (χ1n) is 11.6. The fraction of sp³-hybridized carbons (Fsp3) is 0.286. The standard InChI is InChI=1S/C28H28N2O3/c31-26-28(17-10-19-30(28)27(32)33-21-22-11-4-1-5-12-22)18-20-29(26)25(23-13-6-2-7-14-23)24-15-8-3-9-16-24/h1-9,11-16,25H,10,17-21H2/t28-/m0/s1. The lowest BCUT2D eigenvalue weighted by atomic mass is 9.93. The molecule has 0 N–H and O–H groups in total. The summed E-state index contributed by atoms with van der Waals surface area (Å²) in [7, 11) is 0. The Hall–Kier alpha value is -3.60. The Bertz CT molecular complexity index is 1060. The molecule has 3 aromatic rings. The SMILES string of the molecule is O=C(OCc1ccccc1)N1CCC[C@@]12CCN(C(c1ccccc1)c1ccccc1)C2=O. The van der Waals surface area contributed by atoms with E-state index in [1.54, 1.807) is 4.90 Å². The minimum Gasteiger partial charge on any atom is -0.445 e. The lowest BCUT2D eigenvalue weighted by Crippen LogP contribution is -2.53. The van der Waals surface area contributed by atoms with Gasteiger partial charge in [0.25, 0.3) is 0 Å². The summed E-state index contributed by atoms with van der Waals surface area (Å²) in [5.74, 6) is 0.0226. The predicted molar refractivity (Wildman–Crippen MR) is 126 cm³/mol. The Morgan fingerprint density at radius 1 is 0.818 bits per heavy atom. The Kier molecular flexibility index (Phi) is 5.86. The van der Waals surface area contributed by atoms with Crippen molar-refractivity contribution >= 4 is 12.0 Å². The summed E-state index contributed by atoms with van der Waals surface area (Å²) in [6, 6.07) is 29.7. The lowest BCUT2D eigenvalue weighted by Gasteiger charge is -2.35. The maximum Gasteiger partial charge on any atom is 0.411 e. The average molecular weight is 441 g/mol.